The van der Waals surface area contributed by atoms with Crippen molar-refractivity contribution in [3.05, 3.63) is 427 Å². The fourth-order valence-corrected chi connectivity index (χ4v) is 18.7. The van der Waals surface area contributed by atoms with Crippen LogP contribution in [0.15, 0.2) is 387 Å². The van der Waals surface area contributed by atoms with Gasteiger partial charge in [0.2, 0.25) is 0 Å². The Balaban J connectivity index is 0.607. The predicted octanol–water partition coefficient (Wildman–Crippen LogP) is 26.2. The van der Waals surface area contributed by atoms with Gasteiger partial charge in [0.25, 0.3) is 0 Å². The zero-order valence-corrected chi connectivity index (χ0v) is 60.8. The van der Waals surface area contributed by atoms with Crippen molar-refractivity contribution < 1.29 is 13.9 Å². The molecule has 1 atom stereocenters. The normalized spacial score (nSPS) is 14.1. The van der Waals surface area contributed by atoms with E-state index in [0.29, 0.717) is 11.6 Å². The van der Waals surface area contributed by atoms with E-state index in [-0.39, 0.29) is 0 Å². The van der Waals surface area contributed by atoms with Crippen LogP contribution in [0.5, 0.6) is 23.0 Å². The number of benzene rings is 15. The summed E-state index contributed by atoms with van der Waals surface area (Å²) in [6, 6.07) is 134. The Bertz CT molecular complexity index is 7090. The van der Waals surface area contributed by atoms with Gasteiger partial charge in [0, 0.05) is 72.6 Å². The van der Waals surface area contributed by atoms with Crippen molar-refractivity contribution >= 4 is 21.9 Å². The quantitative estimate of drug-likeness (QED) is 0.134. The van der Waals surface area contributed by atoms with E-state index in [2.05, 4.69) is 328 Å². The summed E-state index contributed by atoms with van der Waals surface area (Å²) < 4.78 is 20.7. The minimum atomic E-state index is -0.745. The Morgan fingerprint density at radius 2 is 0.619 bits per heavy atom. The summed E-state index contributed by atoms with van der Waals surface area (Å²) in [4.78, 5) is 26.4. The molecule has 4 aliphatic rings. The molecule has 0 bridgehead atoms. The number of fused-ring (bicyclic) bond motifs is 21. The lowest BCUT2D eigenvalue weighted by Gasteiger charge is -2.39. The number of rotatable bonds is 10. The van der Waals surface area contributed by atoms with Crippen molar-refractivity contribution in [2.75, 3.05) is 0 Å². The summed E-state index contributed by atoms with van der Waals surface area (Å²) in [6.45, 7) is 0. The SMILES string of the molecule is c1ccc(-c2nc(-c3ccc(-c4cccc5c4oc4ccccc45)cc3)cc(-c3ccccc3-c3ccc4c(c3)Oc3ccccc3C43c4ccccc4-c4c(-c5ccc(-c6nc(-c7ccccn7)cc(-c7ccccc7-c7ccc8c(c7)Oc7ccccc7C87c8ccccc8-c8ccccc87)n6)cc5)cccc43)n2)cc1. The summed E-state index contributed by atoms with van der Waals surface area (Å²) in [5.41, 5.74) is 31.4. The van der Waals surface area contributed by atoms with Gasteiger partial charge in [-0.1, -0.05) is 322 Å². The van der Waals surface area contributed by atoms with E-state index >= 15 is 0 Å². The van der Waals surface area contributed by atoms with E-state index in [9.17, 15) is 0 Å². The minimum Gasteiger partial charge on any atom is -0.457 e. The Morgan fingerprint density at radius 1 is 0.212 bits per heavy atom. The molecule has 0 radical (unpaired) electrons. The molecule has 113 heavy (non-hydrogen) atoms. The highest BCUT2D eigenvalue weighted by atomic mass is 16.5. The number of ether oxygens (including phenoxy) is 2. The van der Waals surface area contributed by atoms with Gasteiger partial charge in [0.05, 0.1) is 39.3 Å². The molecule has 8 heteroatoms. The Kier molecular flexibility index (Phi) is 14.3. The molecule has 6 heterocycles. The zero-order chi connectivity index (χ0) is 74.3. The summed E-state index contributed by atoms with van der Waals surface area (Å²) >= 11 is 0. The maximum Gasteiger partial charge on any atom is 0.160 e. The maximum absolute atomic E-state index is 7.22. The first-order valence-electron chi connectivity index (χ1n) is 38.3. The molecule has 0 amide bonds. The Hall–Kier alpha value is -15.0. The molecule has 8 nitrogen and oxygen atoms in total. The van der Waals surface area contributed by atoms with Gasteiger partial charge in [-0.25, -0.2) is 19.9 Å². The van der Waals surface area contributed by atoms with Crippen LogP contribution >= 0.6 is 0 Å². The van der Waals surface area contributed by atoms with Gasteiger partial charge in [-0.3, -0.25) is 4.98 Å². The average Bonchev–Trinajstić information content (AvgIpc) is 1.52. The molecule has 1 unspecified atom stereocenters. The molecule has 0 N–H and O–H groups in total. The molecule has 19 aromatic rings. The van der Waals surface area contributed by atoms with Crippen molar-refractivity contribution in [1.29, 1.82) is 0 Å². The average molecular weight is 1440 g/mol. The second-order valence-corrected chi connectivity index (χ2v) is 29.5. The van der Waals surface area contributed by atoms with Crippen LogP contribution < -0.4 is 9.47 Å². The monoisotopic (exact) mass is 1440 g/mol. The Morgan fingerprint density at radius 3 is 1.24 bits per heavy atom. The number of nitrogens with zero attached hydrogens (tertiary/aromatic N) is 5. The largest absolute Gasteiger partial charge is 0.457 e. The third-order valence-electron chi connectivity index (χ3n) is 23.6. The van der Waals surface area contributed by atoms with Gasteiger partial charge in [0.15, 0.2) is 11.6 Å². The second kappa shape index (κ2) is 25.3. The van der Waals surface area contributed by atoms with Crippen molar-refractivity contribution in [3.8, 4) is 158 Å². The molecule has 15 aromatic carbocycles. The molecule has 4 aromatic heterocycles. The molecule has 0 saturated heterocycles. The van der Waals surface area contributed by atoms with Crippen LogP contribution in [0.2, 0.25) is 0 Å². The summed E-state index contributed by atoms with van der Waals surface area (Å²) in [6.07, 6.45) is 1.82. The first-order chi connectivity index (χ1) is 56.0. The standard InChI is InChI=1S/C105H63N5O3/c1-2-24-67(25-3-1)102-107-91(66-51-47-65(48-52-66)74-35-22-36-80-79-32-11-17-44-95(79)113-101(74)80)62-92(108-102)77-30-6-4-26-71(77)70-56-58-88-99(61-70)112-97-46-19-16-41-86(97)105(88)84-39-14-10-33-81(84)100-73(34-23-42-89(100)105)64-49-53-68(54-50-64)103-109-93(63-94(110-103)90-43-20-21-59-106-90)78-31-7-5-27-72(78)69-55-57-87-98(60-69)111-96-45-18-15-40-85(96)104(87)82-37-12-8-28-75(82)76-29-9-13-38-83(76)104/h1-63H. The van der Waals surface area contributed by atoms with E-state index in [0.717, 1.165) is 168 Å². The lowest BCUT2D eigenvalue weighted by atomic mass is 9.66. The highest BCUT2D eigenvalue weighted by Crippen LogP contribution is 2.65. The van der Waals surface area contributed by atoms with E-state index < -0.39 is 10.8 Å². The van der Waals surface area contributed by atoms with Crippen molar-refractivity contribution in [2.24, 2.45) is 0 Å². The predicted molar refractivity (Wildman–Crippen MR) is 452 cm³/mol. The van der Waals surface area contributed by atoms with Crippen molar-refractivity contribution in [3.63, 3.8) is 0 Å². The third kappa shape index (κ3) is 9.79. The highest BCUT2D eigenvalue weighted by Gasteiger charge is 2.53. The van der Waals surface area contributed by atoms with Crippen molar-refractivity contribution in [1.82, 2.24) is 24.9 Å². The van der Waals surface area contributed by atoms with Crippen LogP contribution in [-0.2, 0) is 10.8 Å². The van der Waals surface area contributed by atoms with E-state index in [1.165, 1.54) is 44.5 Å². The number of para-hydroxylation sites is 4. The summed E-state index contributed by atoms with van der Waals surface area (Å²) in [5.74, 6) is 4.49. The molecule has 526 valence electrons. The lowest BCUT2D eigenvalue weighted by Crippen LogP contribution is -2.32. The fraction of sp³-hybridized carbons (Fsp3) is 0.0190. The van der Waals surface area contributed by atoms with E-state index in [1.807, 2.05) is 54.7 Å². The van der Waals surface area contributed by atoms with Gasteiger partial charge < -0.3 is 13.9 Å². The van der Waals surface area contributed by atoms with Crippen LogP contribution in [-0.4, -0.2) is 24.9 Å². The van der Waals surface area contributed by atoms with E-state index in [4.69, 9.17) is 38.8 Å². The van der Waals surface area contributed by atoms with Crippen LogP contribution in [0, 0.1) is 0 Å². The molecule has 0 saturated carbocycles. The third-order valence-corrected chi connectivity index (χ3v) is 23.6. The van der Waals surface area contributed by atoms with Gasteiger partial charge in [0.1, 0.15) is 34.2 Å². The summed E-state index contributed by atoms with van der Waals surface area (Å²) in [5, 5.41) is 2.20. The molecular formula is C105H63N5O3. The molecular weight excluding hydrogens is 1380 g/mol. The molecule has 0 fully saturated rings. The minimum absolute atomic E-state index is 0.572. The first kappa shape index (κ1) is 64.0. The van der Waals surface area contributed by atoms with Gasteiger partial charge in [-0.15, -0.1) is 0 Å². The lowest BCUT2D eigenvalue weighted by molar-refractivity contribution is 0.436. The fourth-order valence-electron chi connectivity index (χ4n) is 18.7. The number of furan rings is 1. The van der Waals surface area contributed by atoms with Crippen LogP contribution in [0.1, 0.15) is 44.5 Å². The number of hydrogen-bond donors (Lipinski definition) is 0. The van der Waals surface area contributed by atoms with Gasteiger partial charge >= 0.3 is 0 Å². The molecule has 23 rings (SSSR count). The highest BCUT2D eigenvalue weighted by molar-refractivity contribution is 6.10. The van der Waals surface area contributed by atoms with Crippen LogP contribution in [0.25, 0.3) is 157 Å². The number of hydrogen-bond acceptors (Lipinski definition) is 8. The number of aromatic nitrogens is 5. The molecule has 2 aliphatic heterocycles. The van der Waals surface area contributed by atoms with Gasteiger partial charge in [-0.2, -0.15) is 0 Å². The smallest absolute Gasteiger partial charge is 0.160 e. The van der Waals surface area contributed by atoms with Gasteiger partial charge in [-0.05, 0) is 138 Å². The number of pyridine rings is 1. The van der Waals surface area contributed by atoms with Crippen LogP contribution in [0.3, 0.4) is 0 Å². The topological polar surface area (TPSA) is 96.1 Å². The second-order valence-electron chi connectivity index (χ2n) is 29.5. The Labute approximate surface area is 652 Å². The maximum atomic E-state index is 7.22. The van der Waals surface area contributed by atoms with E-state index in [1.54, 1.807) is 0 Å². The first-order valence-corrected chi connectivity index (χ1v) is 38.3. The molecule has 2 aliphatic carbocycles. The van der Waals surface area contributed by atoms with Crippen LogP contribution in [0.4, 0.5) is 0 Å². The molecule has 2 spiro atoms. The van der Waals surface area contributed by atoms with Crippen molar-refractivity contribution in [2.45, 2.75) is 10.8 Å². The summed E-state index contributed by atoms with van der Waals surface area (Å²) in [7, 11) is 0. The zero-order valence-electron chi connectivity index (χ0n) is 60.8.